The SMILES string of the molecule is COC(=O)c1ccn2nc(-c3ccc(OC)c(OC)c3)nc2c1. The Hall–Kier alpha value is -3.09. The van der Waals surface area contributed by atoms with Crippen molar-refractivity contribution in [1.29, 1.82) is 0 Å². The van der Waals surface area contributed by atoms with E-state index in [1.807, 2.05) is 6.07 Å². The number of esters is 1. The van der Waals surface area contributed by atoms with Gasteiger partial charge in [0.1, 0.15) is 0 Å². The lowest BCUT2D eigenvalue weighted by molar-refractivity contribution is 0.0600. The Morgan fingerprint density at radius 1 is 1.04 bits per heavy atom. The first-order valence-electron chi connectivity index (χ1n) is 6.83. The molecule has 0 unspecified atom stereocenters. The number of benzene rings is 1. The molecule has 0 atom stereocenters. The Morgan fingerprint density at radius 3 is 2.52 bits per heavy atom. The average Bonchev–Trinajstić information content (AvgIpc) is 3.03. The van der Waals surface area contributed by atoms with Crippen LogP contribution in [-0.2, 0) is 4.74 Å². The fraction of sp³-hybridized carbons (Fsp3) is 0.188. The summed E-state index contributed by atoms with van der Waals surface area (Å²) in [4.78, 5) is 16.0. The molecule has 3 rings (SSSR count). The van der Waals surface area contributed by atoms with E-state index in [0.717, 1.165) is 5.56 Å². The maximum atomic E-state index is 11.6. The van der Waals surface area contributed by atoms with Crippen molar-refractivity contribution in [2.75, 3.05) is 21.3 Å². The Labute approximate surface area is 132 Å². The van der Waals surface area contributed by atoms with Gasteiger partial charge in [0, 0.05) is 11.8 Å². The van der Waals surface area contributed by atoms with E-state index in [0.29, 0.717) is 28.5 Å². The second kappa shape index (κ2) is 5.96. The second-order valence-corrected chi connectivity index (χ2v) is 4.71. The minimum absolute atomic E-state index is 0.414. The van der Waals surface area contributed by atoms with Crippen LogP contribution in [-0.4, -0.2) is 41.9 Å². The van der Waals surface area contributed by atoms with Gasteiger partial charge in [-0.25, -0.2) is 14.3 Å². The summed E-state index contributed by atoms with van der Waals surface area (Å²) in [6.45, 7) is 0. The smallest absolute Gasteiger partial charge is 0.338 e. The zero-order chi connectivity index (χ0) is 16.4. The number of fused-ring (bicyclic) bond motifs is 1. The predicted octanol–water partition coefficient (Wildman–Crippen LogP) is 2.20. The van der Waals surface area contributed by atoms with Crippen molar-refractivity contribution in [2.24, 2.45) is 0 Å². The van der Waals surface area contributed by atoms with Crippen LogP contribution in [0.25, 0.3) is 17.0 Å². The van der Waals surface area contributed by atoms with E-state index in [1.165, 1.54) is 7.11 Å². The summed E-state index contributed by atoms with van der Waals surface area (Å²) in [5.74, 6) is 1.34. The van der Waals surface area contributed by atoms with E-state index >= 15 is 0 Å². The third-order valence-electron chi connectivity index (χ3n) is 3.40. The fourth-order valence-corrected chi connectivity index (χ4v) is 2.22. The monoisotopic (exact) mass is 313 g/mol. The summed E-state index contributed by atoms with van der Waals surface area (Å²) in [5, 5.41) is 4.40. The molecule has 0 radical (unpaired) electrons. The molecule has 2 aromatic heterocycles. The van der Waals surface area contributed by atoms with E-state index in [-0.39, 0.29) is 0 Å². The lowest BCUT2D eigenvalue weighted by Crippen LogP contribution is -2.02. The van der Waals surface area contributed by atoms with Crippen LogP contribution in [0.5, 0.6) is 11.5 Å². The molecule has 0 aliphatic carbocycles. The standard InChI is InChI=1S/C16H15N3O4/c1-21-12-5-4-10(8-13(12)22-2)15-17-14-9-11(16(20)23-3)6-7-19(14)18-15/h4-9H,1-3H3. The van der Waals surface area contributed by atoms with Gasteiger partial charge < -0.3 is 14.2 Å². The molecule has 0 saturated heterocycles. The van der Waals surface area contributed by atoms with Gasteiger partial charge >= 0.3 is 5.97 Å². The molecule has 0 N–H and O–H groups in total. The molecular formula is C16H15N3O4. The van der Waals surface area contributed by atoms with Crippen LogP contribution in [0.4, 0.5) is 0 Å². The number of carbonyl (C=O) groups is 1. The van der Waals surface area contributed by atoms with Gasteiger partial charge in [-0.1, -0.05) is 0 Å². The highest BCUT2D eigenvalue weighted by Gasteiger charge is 2.12. The zero-order valence-electron chi connectivity index (χ0n) is 12.9. The summed E-state index contributed by atoms with van der Waals surface area (Å²) < 4.78 is 16.8. The number of hydrogen-bond acceptors (Lipinski definition) is 6. The maximum absolute atomic E-state index is 11.6. The number of ether oxygens (including phenoxy) is 3. The predicted molar refractivity (Wildman–Crippen MR) is 82.9 cm³/mol. The number of hydrogen-bond donors (Lipinski definition) is 0. The molecule has 0 aliphatic rings. The number of rotatable bonds is 4. The van der Waals surface area contributed by atoms with E-state index < -0.39 is 5.97 Å². The topological polar surface area (TPSA) is 75.0 Å². The van der Waals surface area contributed by atoms with Crippen molar-refractivity contribution < 1.29 is 19.0 Å². The molecule has 2 heterocycles. The summed E-state index contributed by atoms with van der Waals surface area (Å²) in [6, 6.07) is 8.70. The minimum Gasteiger partial charge on any atom is -0.493 e. The third-order valence-corrected chi connectivity index (χ3v) is 3.40. The molecule has 0 amide bonds. The normalized spacial score (nSPS) is 10.6. The first kappa shape index (κ1) is 14.8. The summed E-state index contributed by atoms with van der Waals surface area (Å²) in [7, 11) is 4.49. The minimum atomic E-state index is -0.414. The quantitative estimate of drug-likeness (QED) is 0.687. The molecule has 23 heavy (non-hydrogen) atoms. The number of aromatic nitrogens is 3. The van der Waals surface area contributed by atoms with Gasteiger partial charge in [0.25, 0.3) is 0 Å². The van der Waals surface area contributed by atoms with Crippen LogP contribution < -0.4 is 9.47 Å². The number of pyridine rings is 1. The van der Waals surface area contributed by atoms with Crippen molar-refractivity contribution >= 4 is 11.6 Å². The Morgan fingerprint density at radius 2 is 1.83 bits per heavy atom. The molecule has 1 aromatic carbocycles. The van der Waals surface area contributed by atoms with Crippen molar-refractivity contribution in [3.8, 4) is 22.9 Å². The van der Waals surface area contributed by atoms with Crippen LogP contribution in [0.1, 0.15) is 10.4 Å². The molecule has 0 saturated carbocycles. The largest absolute Gasteiger partial charge is 0.493 e. The van der Waals surface area contributed by atoms with Gasteiger partial charge in [-0.2, -0.15) is 0 Å². The van der Waals surface area contributed by atoms with Crippen LogP contribution in [0.2, 0.25) is 0 Å². The lowest BCUT2D eigenvalue weighted by atomic mass is 10.2. The maximum Gasteiger partial charge on any atom is 0.338 e. The molecule has 7 heteroatoms. The molecular weight excluding hydrogens is 298 g/mol. The Bertz CT molecular complexity index is 873. The molecule has 118 valence electrons. The number of carbonyl (C=O) groups excluding carboxylic acids is 1. The van der Waals surface area contributed by atoms with Crippen molar-refractivity contribution in [1.82, 2.24) is 14.6 Å². The van der Waals surface area contributed by atoms with Gasteiger partial charge in [0.2, 0.25) is 0 Å². The average molecular weight is 313 g/mol. The second-order valence-electron chi connectivity index (χ2n) is 4.71. The highest BCUT2D eigenvalue weighted by atomic mass is 16.5. The van der Waals surface area contributed by atoms with Crippen molar-refractivity contribution in [3.63, 3.8) is 0 Å². The first-order valence-corrected chi connectivity index (χ1v) is 6.83. The van der Waals surface area contributed by atoms with Crippen molar-refractivity contribution in [3.05, 3.63) is 42.1 Å². The molecule has 0 spiro atoms. The highest BCUT2D eigenvalue weighted by Crippen LogP contribution is 2.31. The molecule has 0 bridgehead atoms. The number of methoxy groups -OCH3 is 3. The summed E-state index contributed by atoms with van der Waals surface area (Å²) in [6.07, 6.45) is 1.67. The van der Waals surface area contributed by atoms with Gasteiger partial charge in [-0.15, -0.1) is 5.10 Å². The van der Waals surface area contributed by atoms with Crippen LogP contribution in [0, 0.1) is 0 Å². The first-order chi connectivity index (χ1) is 11.2. The third kappa shape index (κ3) is 2.68. The van der Waals surface area contributed by atoms with Crippen LogP contribution in [0.15, 0.2) is 36.5 Å². The number of nitrogens with zero attached hydrogens (tertiary/aromatic N) is 3. The zero-order valence-corrected chi connectivity index (χ0v) is 12.9. The van der Waals surface area contributed by atoms with Crippen LogP contribution >= 0.6 is 0 Å². The molecule has 7 nitrogen and oxygen atoms in total. The van der Waals surface area contributed by atoms with Crippen LogP contribution in [0.3, 0.4) is 0 Å². The highest BCUT2D eigenvalue weighted by molar-refractivity contribution is 5.90. The Kier molecular flexibility index (Phi) is 3.84. The van der Waals surface area contributed by atoms with E-state index in [4.69, 9.17) is 14.2 Å². The van der Waals surface area contributed by atoms with E-state index in [1.54, 1.807) is 49.2 Å². The summed E-state index contributed by atoms with van der Waals surface area (Å²) >= 11 is 0. The van der Waals surface area contributed by atoms with E-state index in [2.05, 4.69) is 10.1 Å². The molecule has 0 aliphatic heterocycles. The molecule has 3 aromatic rings. The Balaban J connectivity index is 2.05. The van der Waals surface area contributed by atoms with E-state index in [9.17, 15) is 4.79 Å². The summed E-state index contributed by atoms with van der Waals surface area (Å²) in [5.41, 5.74) is 1.76. The van der Waals surface area contributed by atoms with Crippen molar-refractivity contribution in [2.45, 2.75) is 0 Å². The van der Waals surface area contributed by atoms with Gasteiger partial charge in [0.15, 0.2) is 23.0 Å². The van der Waals surface area contributed by atoms with Gasteiger partial charge in [-0.3, -0.25) is 0 Å². The van der Waals surface area contributed by atoms with Gasteiger partial charge in [0.05, 0.1) is 26.9 Å². The van der Waals surface area contributed by atoms with Gasteiger partial charge in [-0.05, 0) is 30.3 Å². The fourth-order valence-electron chi connectivity index (χ4n) is 2.22. The lowest BCUT2D eigenvalue weighted by Gasteiger charge is -2.07. The molecule has 0 fully saturated rings.